The van der Waals surface area contributed by atoms with E-state index in [1.54, 1.807) is 0 Å². The lowest BCUT2D eigenvalue weighted by Gasteiger charge is -2.33. The van der Waals surface area contributed by atoms with Crippen LogP contribution >= 0.6 is 11.3 Å². The van der Waals surface area contributed by atoms with Crippen molar-refractivity contribution in [1.29, 1.82) is 0 Å². The third-order valence-electron chi connectivity index (χ3n) is 4.81. The molecule has 0 spiro atoms. The third-order valence-corrected chi connectivity index (χ3v) is 6.07. The molecule has 3 heterocycles. The first-order chi connectivity index (χ1) is 11.8. The molecule has 0 aromatic carbocycles. The Morgan fingerprint density at radius 3 is 2.20 bits per heavy atom. The summed E-state index contributed by atoms with van der Waals surface area (Å²) in [6.45, 7) is 9.26. The Bertz CT molecular complexity index is 625. The topological polar surface area (TPSA) is 78.4 Å². The summed E-state index contributed by atoms with van der Waals surface area (Å²) in [5.41, 5.74) is -0.0675. The minimum atomic E-state index is -0.0675. The van der Waals surface area contributed by atoms with Crippen LogP contribution in [0.2, 0.25) is 0 Å². The smallest absolute Gasteiger partial charge is 0.319 e. The highest BCUT2D eigenvalue weighted by molar-refractivity contribution is 7.15. The summed E-state index contributed by atoms with van der Waals surface area (Å²) in [7, 11) is 0. The summed E-state index contributed by atoms with van der Waals surface area (Å²) in [6.07, 6.45) is 3.61. The Labute approximate surface area is 152 Å². The summed E-state index contributed by atoms with van der Waals surface area (Å²) in [5.74, 6) is -0.0745. The fourth-order valence-corrected chi connectivity index (χ4v) is 4.03. The molecular formula is C17H27N5O2S. The van der Waals surface area contributed by atoms with E-state index < -0.39 is 0 Å². The second kappa shape index (κ2) is 7.27. The number of anilines is 1. The second-order valence-electron chi connectivity index (χ2n) is 7.89. The van der Waals surface area contributed by atoms with Gasteiger partial charge in [-0.15, -0.1) is 10.2 Å². The molecular weight excluding hydrogens is 338 g/mol. The maximum Gasteiger partial charge on any atom is 0.319 e. The first-order valence-corrected chi connectivity index (χ1v) is 9.85. The molecule has 0 atom stereocenters. The second-order valence-corrected chi connectivity index (χ2v) is 8.87. The highest BCUT2D eigenvalue weighted by atomic mass is 32.1. The molecule has 138 valence electrons. The van der Waals surface area contributed by atoms with Gasteiger partial charge in [-0.2, -0.15) is 0 Å². The van der Waals surface area contributed by atoms with Crippen molar-refractivity contribution < 1.29 is 9.59 Å². The van der Waals surface area contributed by atoms with E-state index in [2.05, 4.69) is 36.3 Å². The molecule has 2 aliphatic heterocycles. The quantitative estimate of drug-likeness (QED) is 0.874. The van der Waals surface area contributed by atoms with Crippen molar-refractivity contribution in [3.05, 3.63) is 5.01 Å². The van der Waals surface area contributed by atoms with Gasteiger partial charge in [0.05, 0.1) is 0 Å². The molecule has 3 amide bonds. The zero-order valence-corrected chi connectivity index (χ0v) is 16.1. The van der Waals surface area contributed by atoms with Gasteiger partial charge in [-0.25, -0.2) is 4.79 Å². The average molecular weight is 366 g/mol. The number of piperidine rings is 1. The number of carbonyl (C=O) groups excluding carboxylic acids is 2. The predicted molar refractivity (Wildman–Crippen MR) is 97.7 cm³/mol. The van der Waals surface area contributed by atoms with Crippen LogP contribution in [0.3, 0.4) is 0 Å². The standard InChI is InChI=1S/C17H27N5O2S/c1-17(2,3)14-19-20-15(25-14)18-13(23)12-6-10-22(11-7-12)16(24)21-8-4-5-9-21/h12H,4-11H2,1-3H3,(H,18,20,23). The molecule has 2 aliphatic rings. The minimum absolute atomic E-state index is 0.00937. The van der Waals surface area contributed by atoms with Crippen LogP contribution in [-0.4, -0.2) is 58.1 Å². The van der Waals surface area contributed by atoms with Crippen molar-refractivity contribution in [2.45, 2.75) is 51.9 Å². The van der Waals surface area contributed by atoms with Crippen molar-refractivity contribution >= 4 is 28.4 Å². The molecule has 8 heteroatoms. The Morgan fingerprint density at radius 2 is 1.64 bits per heavy atom. The predicted octanol–water partition coefficient (Wildman–Crippen LogP) is 2.70. The average Bonchev–Trinajstić information content (AvgIpc) is 3.25. The SMILES string of the molecule is CC(C)(C)c1nnc(NC(=O)C2CCN(C(=O)N3CCCC3)CC2)s1. The number of hydrogen-bond donors (Lipinski definition) is 1. The lowest BCUT2D eigenvalue weighted by atomic mass is 9.96. The molecule has 0 saturated carbocycles. The van der Waals surface area contributed by atoms with E-state index in [9.17, 15) is 9.59 Å². The maximum absolute atomic E-state index is 12.5. The Hall–Kier alpha value is -1.70. The van der Waals surface area contributed by atoms with Crippen LogP contribution in [0.25, 0.3) is 0 Å². The van der Waals surface area contributed by atoms with Gasteiger partial charge in [-0.1, -0.05) is 32.1 Å². The van der Waals surface area contributed by atoms with Crippen LogP contribution in [0.1, 0.15) is 51.5 Å². The van der Waals surface area contributed by atoms with Gasteiger partial charge in [-0.05, 0) is 25.7 Å². The number of nitrogens with zero attached hydrogens (tertiary/aromatic N) is 4. The molecule has 2 fully saturated rings. The lowest BCUT2D eigenvalue weighted by molar-refractivity contribution is -0.121. The van der Waals surface area contributed by atoms with Crippen molar-refractivity contribution in [1.82, 2.24) is 20.0 Å². The Morgan fingerprint density at radius 1 is 1.04 bits per heavy atom. The van der Waals surface area contributed by atoms with E-state index in [4.69, 9.17) is 0 Å². The fourth-order valence-electron chi connectivity index (χ4n) is 3.23. The molecule has 0 unspecified atom stereocenters. The monoisotopic (exact) mass is 365 g/mol. The zero-order chi connectivity index (χ0) is 18.0. The van der Waals surface area contributed by atoms with Crippen LogP contribution in [0.4, 0.5) is 9.93 Å². The number of urea groups is 1. The molecule has 1 aromatic rings. The molecule has 0 radical (unpaired) electrons. The molecule has 1 N–H and O–H groups in total. The van der Waals surface area contributed by atoms with Crippen LogP contribution in [0.15, 0.2) is 0 Å². The largest absolute Gasteiger partial charge is 0.325 e. The van der Waals surface area contributed by atoms with Gasteiger partial charge < -0.3 is 15.1 Å². The fraction of sp³-hybridized carbons (Fsp3) is 0.765. The summed E-state index contributed by atoms with van der Waals surface area (Å²) in [6, 6.07) is 0.135. The molecule has 1 aromatic heterocycles. The first kappa shape index (κ1) is 18.1. The summed E-state index contributed by atoms with van der Waals surface area (Å²) in [4.78, 5) is 28.7. The Balaban J connectivity index is 1.50. The highest BCUT2D eigenvalue weighted by Gasteiger charge is 2.31. The number of nitrogens with one attached hydrogen (secondary N) is 1. The van der Waals surface area contributed by atoms with Crippen molar-refractivity contribution in [3.8, 4) is 0 Å². The number of rotatable bonds is 2. The number of aromatic nitrogens is 2. The van der Waals surface area contributed by atoms with Crippen molar-refractivity contribution in [3.63, 3.8) is 0 Å². The van der Waals surface area contributed by atoms with E-state index in [0.717, 1.165) is 30.9 Å². The van der Waals surface area contributed by atoms with E-state index in [0.29, 0.717) is 31.1 Å². The van der Waals surface area contributed by atoms with Gasteiger partial charge in [0.25, 0.3) is 0 Å². The summed E-state index contributed by atoms with van der Waals surface area (Å²) < 4.78 is 0. The summed E-state index contributed by atoms with van der Waals surface area (Å²) in [5, 5.41) is 12.6. The number of amides is 3. The third kappa shape index (κ3) is 4.29. The number of likely N-dealkylation sites (tertiary alicyclic amines) is 2. The number of hydrogen-bond acceptors (Lipinski definition) is 5. The van der Waals surface area contributed by atoms with Crippen LogP contribution < -0.4 is 5.32 Å². The molecule has 25 heavy (non-hydrogen) atoms. The normalized spacial score (nSPS) is 19.3. The molecule has 2 saturated heterocycles. The molecule has 3 rings (SSSR count). The zero-order valence-electron chi connectivity index (χ0n) is 15.2. The van der Waals surface area contributed by atoms with Crippen LogP contribution in [0, 0.1) is 5.92 Å². The van der Waals surface area contributed by atoms with E-state index >= 15 is 0 Å². The van der Waals surface area contributed by atoms with E-state index in [1.165, 1.54) is 11.3 Å². The van der Waals surface area contributed by atoms with Crippen molar-refractivity contribution in [2.75, 3.05) is 31.5 Å². The maximum atomic E-state index is 12.5. The lowest BCUT2D eigenvalue weighted by Crippen LogP contribution is -2.47. The van der Waals surface area contributed by atoms with Gasteiger partial charge in [0.1, 0.15) is 5.01 Å². The van der Waals surface area contributed by atoms with Crippen LogP contribution in [0.5, 0.6) is 0 Å². The minimum Gasteiger partial charge on any atom is -0.325 e. The van der Waals surface area contributed by atoms with Gasteiger partial charge in [0, 0.05) is 37.5 Å². The van der Waals surface area contributed by atoms with Gasteiger partial charge in [-0.3, -0.25) is 4.79 Å². The van der Waals surface area contributed by atoms with E-state index in [-0.39, 0.29) is 23.3 Å². The molecule has 0 bridgehead atoms. The van der Waals surface area contributed by atoms with Gasteiger partial charge >= 0.3 is 6.03 Å². The molecule has 0 aliphatic carbocycles. The molecule has 7 nitrogen and oxygen atoms in total. The Kier molecular flexibility index (Phi) is 5.27. The highest BCUT2D eigenvalue weighted by Crippen LogP contribution is 2.28. The van der Waals surface area contributed by atoms with Crippen LogP contribution in [-0.2, 0) is 10.2 Å². The van der Waals surface area contributed by atoms with Crippen molar-refractivity contribution in [2.24, 2.45) is 5.92 Å². The summed E-state index contributed by atoms with van der Waals surface area (Å²) >= 11 is 1.43. The first-order valence-electron chi connectivity index (χ1n) is 9.03. The van der Waals surface area contributed by atoms with Gasteiger partial charge in [0.2, 0.25) is 11.0 Å². The van der Waals surface area contributed by atoms with E-state index in [1.807, 2.05) is 9.80 Å². The number of carbonyl (C=O) groups is 2. The van der Waals surface area contributed by atoms with Gasteiger partial charge in [0.15, 0.2) is 0 Å².